The number of alkyl halides is 1. The highest BCUT2D eigenvalue weighted by Gasteiger charge is 2.06. The highest BCUT2D eigenvalue weighted by molar-refractivity contribution is 9.10. The summed E-state index contributed by atoms with van der Waals surface area (Å²) in [6, 6.07) is 8.43. The van der Waals surface area contributed by atoms with Crippen LogP contribution < -0.4 is 4.74 Å². The van der Waals surface area contributed by atoms with Crippen molar-refractivity contribution in [2.75, 3.05) is 0 Å². The summed E-state index contributed by atoms with van der Waals surface area (Å²) in [5.74, 6) is 0.862. The summed E-state index contributed by atoms with van der Waals surface area (Å²) < 4.78 is 8.87. The fraction of sp³-hybridized carbons (Fsp3) is 0.400. The van der Waals surface area contributed by atoms with Gasteiger partial charge < -0.3 is 4.74 Å². The fourth-order valence-electron chi connectivity index (χ4n) is 1.79. The van der Waals surface area contributed by atoms with E-state index in [0.29, 0.717) is 12.6 Å². The summed E-state index contributed by atoms with van der Waals surface area (Å²) in [4.78, 5) is 0. The molecule has 1 aromatic carbocycles. The lowest BCUT2D eigenvalue weighted by molar-refractivity contribution is 0.298. The molecule has 108 valence electrons. The first-order valence-electron chi connectivity index (χ1n) is 6.65. The average Bonchev–Trinajstić information content (AvgIpc) is 2.94. The van der Waals surface area contributed by atoms with Gasteiger partial charge in [-0.15, -0.1) is 0 Å². The number of benzene rings is 1. The molecule has 0 aliphatic carbocycles. The van der Waals surface area contributed by atoms with Crippen LogP contribution in [0.25, 0.3) is 0 Å². The zero-order valence-corrected chi connectivity index (χ0v) is 14.8. The van der Waals surface area contributed by atoms with Crippen LogP contribution in [0.2, 0.25) is 0 Å². The van der Waals surface area contributed by atoms with Crippen LogP contribution in [0.1, 0.15) is 37.6 Å². The fourth-order valence-corrected chi connectivity index (χ4v) is 3.01. The van der Waals surface area contributed by atoms with Gasteiger partial charge in [0.25, 0.3) is 0 Å². The number of halogens is 2. The van der Waals surface area contributed by atoms with E-state index in [1.165, 1.54) is 5.56 Å². The predicted octanol–water partition coefficient (Wildman–Crippen LogP) is 5.09. The molecular weight excluding hydrogens is 384 g/mol. The van der Waals surface area contributed by atoms with Crippen molar-refractivity contribution in [3.63, 3.8) is 0 Å². The van der Waals surface area contributed by atoms with E-state index in [1.54, 1.807) is 0 Å². The van der Waals surface area contributed by atoms with Crippen LogP contribution in [0, 0.1) is 0 Å². The molecule has 0 aliphatic heterocycles. The Balaban J connectivity index is 2.00. The van der Waals surface area contributed by atoms with Crippen molar-refractivity contribution in [3.05, 3.63) is 46.2 Å². The molecule has 1 atom stereocenters. The maximum absolute atomic E-state index is 5.80. The molecule has 0 saturated carbocycles. The average molecular weight is 402 g/mol. The van der Waals surface area contributed by atoms with Crippen molar-refractivity contribution in [2.24, 2.45) is 0 Å². The zero-order valence-electron chi connectivity index (χ0n) is 11.6. The molecule has 2 aromatic rings. The molecule has 0 radical (unpaired) electrons. The Morgan fingerprint density at radius 1 is 1.35 bits per heavy atom. The topological polar surface area (TPSA) is 27.1 Å². The van der Waals surface area contributed by atoms with Crippen LogP contribution in [0.15, 0.2) is 34.9 Å². The molecular formula is C15H18Br2N2O. The Kier molecular flexibility index (Phi) is 5.66. The summed E-state index contributed by atoms with van der Waals surface area (Å²) in [6.07, 6.45) is 3.08. The van der Waals surface area contributed by atoms with Gasteiger partial charge in [-0.1, -0.05) is 38.8 Å². The third-order valence-electron chi connectivity index (χ3n) is 3.25. The molecule has 5 heteroatoms. The molecule has 2 rings (SSSR count). The van der Waals surface area contributed by atoms with Crippen molar-refractivity contribution in [1.29, 1.82) is 0 Å². The summed E-state index contributed by atoms with van der Waals surface area (Å²) in [5, 5.41) is 5.33. The minimum atomic E-state index is 0.427. The van der Waals surface area contributed by atoms with Gasteiger partial charge in [0, 0.05) is 22.0 Å². The van der Waals surface area contributed by atoms with Crippen molar-refractivity contribution in [2.45, 2.75) is 38.2 Å². The number of hydrogen-bond acceptors (Lipinski definition) is 2. The Morgan fingerprint density at radius 3 is 2.85 bits per heavy atom. The van der Waals surface area contributed by atoms with Gasteiger partial charge in [-0.3, -0.25) is 4.68 Å². The van der Waals surface area contributed by atoms with E-state index in [2.05, 4.69) is 50.8 Å². The van der Waals surface area contributed by atoms with E-state index < -0.39 is 0 Å². The minimum absolute atomic E-state index is 0.427. The Morgan fingerprint density at radius 2 is 2.15 bits per heavy atom. The van der Waals surface area contributed by atoms with Crippen molar-refractivity contribution >= 4 is 31.9 Å². The second kappa shape index (κ2) is 7.27. The maximum atomic E-state index is 5.80. The molecule has 1 unspecified atom stereocenters. The number of hydrogen-bond donors (Lipinski definition) is 0. The number of aromatic nitrogens is 2. The molecule has 3 nitrogen and oxygen atoms in total. The van der Waals surface area contributed by atoms with Gasteiger partial charge in [-0.2, -0.15) is 5.10 Å². The smallest absolute Gasteiger partial charge is 0.132 e. The first-order chi connectivity index (χ1) is 9.63. The molecule has 0 bridgehead atoms. The summed E-state index contributed by atoms with van der Waals surface area (Å²) in [7, 11) is 0. The first kappa shape index (κ1) is 15.6. The van der Waals surface area contributed by atoms with Gasteiger partial charge in [0.15, 0.2) is 0 Å². The third kappa shape index (κ3) is 3.85. The van der Waals surface area contributed by atoms with E-state index in [1.807, 2.05) is 35.1 Å². The zero-order chi connectivity index (χ0) is 14.5. The van der Waals surface area contributed by atoms with Crippen LogP contribution in [0.4, 0.5) is 0 Å². The third-order valence-corrected chi connectivity index (χ3v) is 4.63. The van der Waals surface area contributed by atoms with Crippen molar-refractivity contribution < 1.29 is 4.74 Å². The van der Waals surface area contributed by atoms with Crippen LogP contribution in [0.5, 0.6) is 5.75 Å². The molecule has 0 spiro atoms. The first-order valence-corrected chi connectivity index (χ1v) is 8.56. The number of rotatable bonds is 6. The Labute approximate surface area is 136 Å². The van der Waals surface area contributed by atoms with Crippen molar-refractivity contribution in [1.82, 2.24) is 9.78 Å². The van der Waals surface area contributed by atoms with Gasteiger partial charge in [0.1, 0.15) is 12.4 Å². The molecule has 0 aliphatic rings. The highest BCUT2D eigenvalue weighted by Crippen LogP contribution is 2.25. The molecule has 1 aromatic heterocycles. The number of ether oxygens (including phenoxy) is 1. The SMILES string of the molecule is CCC(C)n1ccc(COc2ccc(Br)c(CBr)c2)n1. The van der Waals surface area contributed by atoms with Crippen LogP contribution in [-0.2, 0) is 11.9 Å². The van der Waals surface area contributed by atoms with Gasteiger partial charge in [0.05, 0.1) is 5.69 Å². The Bertz CT molecular complexity index is 569. The van der Waals surface area contributed by atoms with Crippen molar-refractivity contribution in [3.8, 4) is 5.75 Å². The van der Waals surface area contributed by atoms with Crippen LogP contribution in [-0.4, -0.2) is 9.78 Å². The van der Waals surface area contributed by atoms with E-state index in [-0.39, 0.29) is 0 Å². The summed E-state index contributed by atoms with van der Waals surface area (Å²) in [6.45, 7) is 4.81. The lowest BCUT2D eigenvalue weighted by Crippen LogP contribution is -2.05. The second-order valence-electron chi connectivity index (χ2n) is 4.72. The monoisotopic (exact) mass is 400 g/mol. The van der Waals surface area contributed by atoms with Gasteiger partial charge in [-0.25, -0.2) is 0 Å². The molecule has 0 fully saturated rings. The second-order valence-corrected chi connectivity index (χ2v) is 6.13. The normalized spacial score (nSPS) is 12.4. The quantitative estimate of drug-likeness (QED) is 0.630. The van der Waals surface area contributed by atoms with Crippen LogP contribution >= 0.6 is 31.9 Å². The van der Waals surface area contributed by atoms with E-state index >= 15 is 0 Å². The largest absolute Gasteiger partial charge is 0.487 e. The van der Waals surface area contributed by atoms with Gasteiger partial charge in [0.2, 0.25) is 0 Å². The highest BCUT2D eigenvalue weighted by atomic mass is 79.9. The van der Waals surface area contributed by atoms with Gasteiger partial charge >= 0.3 is 0 Å². The molecule has 20 heavy (non-hydrogen) atoms. The molecule has 1 heterocycles. The van der Waals surface area contributed by atoms with Crippen LogP contribution in [0.3, 0.4) is 0 Å². The van der Waals surface area contributed by atoms with E-state index in [4.69, 9.17) is 4.74 Å². The maximum Gasteiger partial charge on any atom is 0.132 e. The van der Waals surface area contributed by atoms with E-state index in [0.717, 1.165) is 27.7 Å². The minimum Gasteiger partial charge on any atom is -0.487 e. The van der Waals surface area contributed by atoms with Gasteiger partial charge in [-0.05, 0) is 43.2 Å². The Hall–Kier alpha value is -0.810. The standard InChI is InChI=1S/C15H18Br2N2O/c1-3-11(2)19-7-6-13(18-19)10-20-14-4-5-15(17)12(8-14)9-16/h4-8,11H,3,9-10H2,1-2H3. The van der Waals surface area contributed by atoms with E-state index in [9.17, 15) is 0 Å². The summed E-state index contributed by atoms with van der Waals surface area (Å²) in [5.41, 5.74) is 2.13. The molecule has 0 saturated heterocycles. The molecule has 0 amide bonds. The lowest BCUT2D eigenvalue weighted by Gasteiger charge is -2.09. The number of nitrogens with zero attached hydrogens (tertiary/aromatic N) is 2. The lowest BCUT2D eigenvalue weighted by atomic mass is 10.2. The summed E-state index contributed by atoms with van der Waals surface area (Å²) >= 11 is 6.98. The predicted molar refractivity (Wildman–Crippen MR) is 88.3 cm³/mol. The molecule has 0 N–H and O–H groups in total.